The van der Waals surface area contributed by atoms with Crippen molar-refractivity contribution < 1.29 is 14.3 Å². The van der Waals surface area contributed by atoms with Gasteiger partial charge in [0.15, 0.2) is 0 Å². The standard InChI is InChI=1S/C13H22N2O3/c1-2-3-8-18-11(16)10-4-5-13(9-10)6-7-14-12(17)15-13/h10H,2-9H2,1H3,(H2,14,15,17)/t10-,13?/m1/s1. The highest BCUT2D eigenvalue weighted by molar-refractivity contribution is 5.77. The van der Waals surface area contributed by atoms with Crippen LogP contribution in [0.1, 0.15) is 45.4 Å². The number of unbranched alkanes of at least 4 members (excludes halogenated alkanes) is 1. The maximum Gasteiger partial charge on any atom is 0.315 e. The number of hydrogen-bond acceptors (Lipinski definition) is 3. The highest BCUT2D eigenvalue weighted by atomic mass is 16.5. The zero-order valence-corrected chi connectivity index (χ0v) is 11.0. The fraction of sp³-hybridized carbons (Fsp3) is 0.846. The number of hydrogen-bond donors (Lipinski definition) is 2. The molecule has 2 amide bonds. The van der Waals surface area contributed by atoms with E-state index in [4.69, 9.17) is 4.74 Å². The van der Waals surface area contributed by atoms with Gasteiger partial charge in [-0.25, -0.2) is 4.79 Å². The molecule has 0 aromatic carbocycles. The first-order valence-electron chi connectivity index (χ1n) is 6.88. The van der Waals surface area contributed by atoms with Gasteiger partial charge in [0, 0.05) is 12.1 Å². The summed E-state index contributed by atoms with van der Waals surface area (Å²) in [5.41, 5.74) is -0.170. The van der Waals surface area contributed by atoms with Crippen molar-refractivity contribution in [3.8, 4) is 0 Å². The SMILES string of the molecule is CCCCOC(=O)[C@@H]1CCC2(CCNC(=O)N2)C1. The zero-order chi connectivity index (χ0) is 13.0. The van der Waals surface area contributed by atoms with Crippen molar-refractivity contribution in [3.05, 3.63) is 0 Å². The lowest BCUT2D eigenvalue weighted by atomic mass is 9.90. The van der Waals surface area contributed by atoms with Gasteiger partial charge in [0.2, 0.25) is 0 Å². The summed E-state index contributed by atoms with van der Waals surface area (Å²) in [6.07, 6.45) is 5.29. The molecule has 18 heavy (non-hydrogen) atoms. The van der Waals surface area contributed by atoms with Crippen molar-refractivity contribution in [3.63, 3.8) is 0 Å². The number of esters is 1. The first kappa shape index (κ1) is 13.2. The Morgan fingerprint density at radius 3 is 3.06 bits per heavy atom. The maximum atomic E-state index is 11.9. The van der Waals surface area contributed by atoms with Crippen molar-refractivity contribution in [1.82, 2.24) is 10.6 Å². The number of urea groups is 1. The Morgan fingerprint density at radius 2 is 2.33 bits per heavy atom. The van der Waals surface area contributed by atoms with Crippen LogP contribution in [0.2, 0.25) is 0 Å². The molecule has 1 saturated heterocycles. The first-order chi connectivity index (χ1) is 8.65. The second kappa shape index (κ2) is 5.59. The van der Waals surface area contributed by atoms with Crippen LogP contribution < -0.4 is 10.6 Å². The average Bonchev–Trinajstić information content (AvgIpc) is 2.73. The molecule has 0 aromatic heterocycles. The largest absolute Gasteiger partial charge is 0.465 e. The summed E-state index contributed by atoms with van der Waals surface area (Å²) in [5.74, 6) is -0.131. The summed E-state index contributed by atoms with van der Waals surface area (Å²) in [6, 6.07) is -0.110. The second-order valence-electron chi connectivity index (χ2n) is 5.37. The number of amides is 2. The molecular formula is C13H22N2O3. The van der Waals surface area contributed by atoms with E-state index in [0.29, 0.717) is 13.2 Å². The number of carbonyl (C=O) groups excluding carboxylic acids is 2. The van der Waals surface area contributed by atoms with Gasteiger partial charge in [-0.3, -0.25) is 4.79 Å². The van der Waals surface area contributed by atoms with E-state index < -0.39 is 0 Å². The van der Waals surface area contributed by atoms with Gasteiger partial charge in [-0.2, -0.15) is 0 Å². The van der Waals surface area contributed by atoms with Crippen LogP contribution in [0.3, 0.4) is 0 Å². The molecule has 2 atom stereocenters. The minimum Gasteiger partial charge on any atom is -0.465 e. The summed E-state index contributed by atoms with van der Waals surface area (Å²) in [5, 5.41) is 5.74. The Morgan fingerprint density at radius 1 is 1.50 bits per heavy atom. The third-order valence-electron chi connectivity index (χ3n) is 3.95. The van der Waals surface area contributed by atoms with E-state index in [0.717, 1.165) is 38.5 Å². The van der Waals surface area contributed by atoms with Crippen molar-refractivity contribution in [2.45, 2.75) is 51.0 Å². The molecule has 1 saturated carbocycles. The molecule has 2 fully saturated rings. The summed E-state index contributed by atoms with van der Waals surface area (Å²) < 4.78 is 5.26. The van der Waals surface area contributed by atoms with Crippen LogP contribution >= 0.6 is 0 Å². The molecule has 2 N–H and O–H groups in total. The van der Waals surface area contributed by atoms with Gasteiger partial charge in [-0.05, 0) is 32.1 Å². The normalized spacial score (nSPS) is 30.9. The van der Waals surface area contributed by atoms with E-state index in [1.54, 1.807) is 0 Å². The van der Waals surface area contributed by atoms with Gasteiger partial charge in [-0.15, -0.1) is 0 Å². The van der Waals surface area contributed by atoms with Crippen molar-refractivity contribution >= 4 is 12.0 Å². The van der Waals surface area contributed by atoms with Gasteiger partial charge in [0.25, 0.3) is 0 Å². The Hall–Kier alpha value is -1.26. The molecule has 1 aliphatic heterocycles. The van der Waals surface area contributed by atoms with E-state index in [2.05, 4.69) is 17.6 Å². The molecule has 0 aromatic rings. The average molecular weight is 254 g/mol. The minimum atomic E-state index is -0.170. The smallest absolute Gasteiger partial charge is 0.315 e. The molecule has 0 bridgehead atoms. The monoisotopic (exact) mass is 254 g/mol. The summed E-state index contributed by atoms with van der Waals surface area (Å²) in [6.45, 7) is 3.29. The Kier molecular flexibility index (Phi) is 4.09. The maximum absolute atomic E-state index is 11.9. The lowest BCUT2D eigenvalue weighted by Crippen LogP contribution is -2.57. The molecule has 5 nitrogen and oxygen atoms in total. The minimum absolute atomic E-state index is 0.0414. The van der Waals surface area contributed by atoms with Crippen molar-refractivity contribution in [2.24, 2.45) is 5.92 Å². The Bertz CT molecular complexity index is 332. The lowest BCUT2D eigenvalue weighted by Gasteiger charge is -2.34. The second-order valence-corrected chi connectivity index (χ2v) is 5.37. The highest BCUT2D eigenvalue weighted by Crippen LogP contribution is 2.38. The number of rotatable bonds is 4. The fourth-order valence-electron chi connectivity index (χ4n) is 2.87. The molecule has 5 heteroatoms. The van der Waals surface area contributed by atoms with Crippen LogP contribution in [0.4, 0.5) is 4.79 Å². The summed E-state index contributed by atoms with van der Waals surface area (Å²) in [4.78, 5) is 23.3. The van der Waals surface area contributed by atoms with Crippen LogP contribution in [-0.2, 0) is 9.53 Å². The predicted molar refractivity (Wildman–Crippen MR) is 67.1 cm³/mol. The summed E-state index contributed by atoms with van der Waals surface area (Å²) >= 11 is 0. The van der Waals surface area contributed by atoms with E-state index >= 15 is 0 Å². The molecular weight excluding hydrogens is 232 g/mol. The Balaban J connectivity index is 1.83. The van der Waals surface area contributed by atoms with E-state index in [9.17, 15) is 9.59 Å². The topological polar surface area (TPSA) is 67.4 Å². The number of ether oxygens (including phenoxy) is 1. The van der Waals surface area contributed by atoms with Gasteiger partial charge in [0.05, 0.1) is 12.5 Å². The quantitative estimate of drug-likeness (QED) is 0.591. The molecule has 0 radical (unpaired) electrons. The van der Waals surface area contributed by atoms with Crippen LogP contribution in [0.15, 0.2) is 0 Å². The van der Waals surface area contributed by atoms with Crippen LogP contribution in [0, 0.1) is 5.92 Å². The molecule has 102 valence electrons. The summed E-state index contributed by atoms with van der Waals surface area (Å²) in [7, 11) is 0. The molecule has 2 aliphatic rings. The van der Waals surface area contributed by atoms with Crippen LogP contribution in [0.5, 0.6) is 0 Å². The predicted octanol–water partition coefficient (Wildman–Crippen LogP) is 1.57. The van der Waals surface area contributed by atoms with Crippen molar-refractivity contribution in [1.29, 1.82) is 0 Å². The molecule has 1 heterocycles. The van der Waals surface area contributed by atoms with E-state index in [1.165, 1.54) is 0 Å². The molecule has 1 aliphatic carbocycles. The third kappa shape index (κ3) is 2.94. The van der Waals surface area contributed by atoms with Gasteiger partial charge >= 0.3 is 12.0 Å². The molecule has 2 rings (SSSR count). The van der Waals surface area contributed by atoms with Gasteiger partial charge < -0.3 is 15.4 Å². The van der Waals surface area contributed by atoms with Crippen LogP contribution in [0.25, 0.3) is 0 Å². The fourth-order valence-corrected chi connectivity index (χ4v) is 2.87. The molecule has 1 spiro atoms. The third-order valence-corrected chi connectivity index (χ3v) is 3.95. The van der Waals surface area contributed by atoms with Gasteiger partial charge in [-0.1, -0.05) is 13.3 Å². The highest BCUT2D eigenvalue weighted by Gasteiger charge is 2.44. The number of carbonyl (C=O) groups is 2. The van der Waals surface area contributed by atoms with E-state index in [-0.39, 0.29) is 23.5 Å². The van der Waals surface area contributed by atoms with Gasteiger partial charge in [0.1, 0.15) is 0 Å². The Labute approximate surface area is 108 Å². The first-order valence-corrected chi connectivity index (χ1v) is 6.88. The lowest BCUT2D eigenvalue weighted by molar-refractivity contribution is -0.148. The number of nitrogens with one attached hydrogen (secondary N) is 2. The van der Waals surface area contributed by atoms with Crippen molar-refractivity contribution in [2.75, 3.05) is 13.2 Å². The van der Waals surface area contributed by atoms with Crippen LogP contribution in [-0.4, -0.2) is 30.7 Å². The van der Waals surface area contributed by atoms with E-state index in [1.807, 2.05) is 0 Å². The molecule has 1 unspecified atom stereocenters. The zero-order valence-electron chi connectivity index (χ0n) is 11.0.